The molecule has 1 rings (SSSR count). The van der Waals surface area contributed by atoms with Crippen LogP contribution >= 0.6 is 0 Å². The van der Waals surface area contributed by atoms with Gasteiger partial charge in [0, 0.05) is 12.6 Å². The maximum Gasteiger partial charge on any atom is 0.415 e. The molecule has 0 bridgehead atoms. The maximum atomic E-state index is 12.1. The predicted molar refractivity (Wildman–Crippen MR) is 55.3 cm³/mol. The van der Waals surface area contributed by atoms with E-state index < -0.39 is 24.9 Å². The van der Waals surface area contributed by atoms with Crippen LogP contribution < -0.4 is 5.32 Å². The molecule has 1 aliphatic rings. The Morgan fingerprint density at radius 1 is 1.53 bits per heavy atom. The molecular formula is C10H17F3N2O2. The number of likely N-dealkylation sites (N-methyl/N-ethyl adjacent to an activating group) is 1. The Morgan fingerprint density at radius 2 is 2.06 bits per heavy atom. The smallest absolute Gasteiger partial charge is 0.382 e. The summed E-state index contributed by atoms with van der Waals surface area (Å²) in [7, 11) is 1.38. The van der Waals surface area contributed by atoms with Crippen LogP contribution in [0.1, 0.15) is 19.8 Å². The van der Waals surface area contributed by atoms with E-state index in [9.17, 15) is 18.0 Å². The molecule has 1 fully saturated rings. The van der Waals surface area contributed by atoms with Crippen molar-refractivity contribution in [1.29, 1.82) is 0 Å². The summed E-state index contributed by atoms with van der Waals surface area (Å²) in [6.45, 7) is 0.906. The average molecular weight is 254 g/mol. The Morgan fingerprint density at radius 3 is 2.47 bits per heavy atom. The number of rotatable bonds is 5. The van der Waals surface area contributed by atoms with Crippen molar-refractivity contribution in [2.24, 2.45) is 0 Å². The lowest BCUT2D eigenvalue weighted by Crippen LogP contribution is -2.48. The van der Waals surface area contributed by atoms with E-state index in [1.165, 1.54) is 18.9 Å². The van der Waals surface area contributed by atoms with Crippen LogP contribution in [0.3, 0.4) is 0 Å². The van der Waals surface area contributed by atoms with Gasteiger partial charge in [0.25, 0.3) is 0 Å². The summed E-state index contributed by atoms with van der Waals surface area (Å²) in [5.41, 5.74) is 0. The van der Waals surface area contributed by atoms with E-state index in [-0.39, 0.29) is 11.9 Å². The highest BCUT2D eigenvalue weighted by Crippen LogP contribution is 2.21. The average Bonchev–Trinajstić information content (AvgIpc) is 2.98. The summed E-state index contributed by atoms with van der Waals surface area (Å²) in [6, 6.07) is -0.515. The molecule has 0 saturated heterocycles. The molecule has 2 N–H and O–H groups in total. The standard InChI is InChI=1S/C10H17F3N2O2/c1-6(9(17)14-7-3-4-7)15(2)5-8(16)10(11,12)13/h6-8,16H,3-5H2,1-2H3,(H,14,17). The molecule has 100 valence electrons. The van der Waals surface area contributed by atoms with Crippen LogP contribution in [0.25, 0.3) is 0 Å². The lowest BCUT2D eigenvalue weighted by atomic mass is 10.2. The van der Waals surface area contributed by atoms with Crippen LogP contribution in [0, 0.1) is 0 Å². The summed E-state index contributed by atoms with van der Waals surface area (Å²) in [4.78, 5) is 12.7. The van der Waals surface area contributed by atoms with Crippen molar-refractivity contribution in [3.8, 4) is 0 Å². The number of alkyl halides is 3. The van der Waals surface area contributed by atoms with E-state index in [1.54, 1.807) is 0 Å². The van der Waals surface area contributed by atoms with Crippen LogP contribution in [-0.2, 0) is 4.79 Å². The number of carbonyl (C=O) groups excluding carboxylic acids is 1. The summed E-state index contributed by atoms with van der Waals surface area (Å²) in [5, 5.41) is 11.6. The van der Waals surface area contributed by atoms with Gasteiger partial charge < -0.3 is 10.4 Å². The molecule has 0 spiro atoms. The fourth-order valence-electron chi connectivity index (χ4n) is 1.28. The van der Waals surface area contributed by atoms with E-state index in [2.05, 4.69) is 5.32 Å². The lowest BCUT2D eigenvalue weighted by molar-refractivity contribution is -0.208. The topological polar surface area (TPSA) is 52.6 Å². The number of carbonyl (C=O) groups is 1. The first-order valence-corrected chi connectivity index (χ1v) is 5.47. The number of hydrogen-bond donors (Lipinski definition) is 2. The number of nitrogens with one attached hydrogen (secondary N) is 1. The van der Waals surface area contributed by atoms with Crippen molar-refractivity contribution in [3.63, 3.8) is 0 Å². The molecule has 0 aromatic heterocycles. The second-order valence-corrected chi connectivity index (χ2v) is 4.46. The Balaban J connectivity index is 2.39. The van der Waals surface area contributed by atoms with Crippen molar-refractivity contribution in [1.82, 2.24) is 10.2 Å². The quantitative estimate of drug-likeness (QED) is 0.751. The minimum atomic E-state index is -4.65. The number of aliphatic hydroxyl groups excluding tert-OH is 1. The van der Waals surface area contributed by atoms with Gasteiger partial charge in [-0.25, -0.2) is 0 Å². The molecule has 0 heterocycles. The monoisotopic (exact) mass is 254 g/mol. The second kappa shape index (κ2) is 5.22. The lowest BCUT2D eigenvalue weighted by Gasteiger charge is -2.27. The molecule has 2 unspecified atom stereocenters. The van der Waals surface area contributed by atoms with Gasteiger partial charge in [-0.3, -0.25) is 9.69 Å². The predicted octanol–water partition coefficient (Wildman–Crippen LogP) is 0.508. The third-order valence-electron chi connectivity index (χ3n) is 2.80. The third kappa shape index (κ3) is 4.51. The van der Waals surface area contributed by atoms with Gasteiger partial charge in [0.15, 0.2) is 6.10 Å². The maximum absolute atomic E-state index is 12.1. The van der Waals surface area contributed by atoms with Crippen LogP contribution in [0.4, 0.5) is 13.2 Å². The number of amides is 1. The fraction of sp³-hybridized carbons (Fsp3) is 0.900. The molecule has 1 saturated carbocycles. The molecule has 0 aromatic carbocycles. The molecule has 0 aliphatic heterocycles. The van der Waals surface area contributed by atoms with Crippen LogP contribution in [-0.4, -0.2) is 53.9 Å². The zero-order valence-corrected chi connectivity index (χ0v) is 9.79. The molecule has 17 heavy (non-hydrogen) atoms. The molecule has 0 aromatic rings. The largest absolute Gasteiger partial charge is 0.415 e. The Bertz CT molecular complexity index is 279. The first-order chi connectivity index (χ1) is 7.71. The van der Waals surface area contributed by atoms with E-state index in [0.29, 0.717) is 0 Å². The van der Waals surface area contributed by atoms with E-state index in [0.717, 1.165) is 12.8 Å². The molecule has 2 atom stereocenters. The van der Waals surface area contributed by atoms with Crippen LogP contribution in [0.2, 0.25) is 0 Å². The SMILES string of the molecule is CC(C(=O)NC1CC1)N(C)CC(O)C(F)(F)F. The highest BCUT2D eigenvalue weighted by atomic mass is 19.4. The van der Waals surface area contributed by atoms with Gasteiger partial charge >= 0.3 is 6.18 Å². The summed E-state index contributed by atoms with van der Waals surface area (Å²) < 4.78 is 36.4. The Hall–Kier alpha value is -0.820. The van der Waals surface area contributed by atoms with Gasteiger partial charge in [-0.05, 0) is 26.8 Å². The highest BCUT2D eigenvalue weighted by Gasteiger charge is 2.39. The number of halogens is 3. The zero-order valence-electron chi connectivity index (χ0n) is 9.79. The Labute approximate surface area is 97.8 Å². The first kappa shape index (κ1) is 14.2. The number of aliphatic hydroxyl groups is 1. The van der Waals surface area contributed by atoms with E-state index in [4.69, 9.17) is 5.11 Å². The van der Waals surface area contributed by atoms with Crippen molar-refractivity contribution < 1.29 is 23.1 Å². The van der Waals surface area contributed by atoms with Gasteiger partial charge in [-0.15, -0.1) is 0 Å². The van der Waals surface area contributed by atoms with Gasteiger partial charge in [0.2, 0.25) is 5.91 Å². The summed E-state index contributed by atoms with van der Waals surface area (Å²) >= 11 is 0. The van der Waals surface area contributed by atoms with Crippen LogP contribution in [0.15, 0.2) is 0 Å². The van der Waals surface area contributed by atoms with Gasteiger partial charge in [0.05, 0.1) is 6.04 Å². The fourth-order valence-corrected chi connectivity index (χ4v) is 1.28. The van der Waals surface area contributed by atoms with Crippen molar-refractivity contribution in [3.05, 3.63) is 0 Å². The molecular weight excluding hydrogens is 237 g/mol. The normalized spacial score (nSPS) is 20.2. The van der Waals surface area contributed by atoms with Crippen molar-refractivity contribution >= 4 is 5.91 Å². The van der Waals surface area contributed by atoms with Gasteiger partial charge in [0.1, 0.15) is 0 Å². The Kier molecular flexibility index (Phi) is 4.37. The second-order valence-electron chi connectivity index (χ2n) is 4.46. The highest BCUT2D eigenvalue weighted by molar-refractivity contribution is 5.81. The third-order valence-corrected chi connectivity index (χ3v) is 2.80. The first-order valence-electron chi connectivity index (χ1n) is 5.47. The minimum Gasteiger partial charge on any atom is -0.382 e. The zero-order chi connectivity index (χ0) is 13.2. The summed E-state index contributed by atoms with van der Waals surface area (Å²) in [6.07, 6.45) is -5.23. The number of hydrogen-bond acceptors (Lipinski definition) is 3. The molecule has 4 nitrogen and oxygen atoms in total. The number of nitrogens with zero attached hydrogens (tertiary/aromatic N) is 1. The van der Waals surface area contributed by atoms with Crippen LogP contribution in [0.5, 0.6) is 0 Å². The molecule has 7 heteroatoms. The van der Waals surface area contributed by atoms with E-state index >= 15 is 0 Å². The van der Waals surface area contributed by atoms with Gasteiger partial charge in [-0.1, -0.05) is 0 Å². The van der Waals surface area contributed by atoms with Crippen molar-refractivity contribution in [2.45, 2.75) is 44.1 Å². The van der Waals surface area contributed by atoms with Crippen molar-refractivity contribution in [2.75, 3.05) is 13.6 Å². The van der Waals surface area contributed by atoms with E-state index in [1.807, 2.05) is 0 Å². The minimum absolute atomic E-state index is 0.172. The molecule has 1 aliphatic carbocycles. The molecule has 1 amide bonds. The molecule has 0 radical (unpaired) electrons. The van der Waals surface area contributed by atoms with Gasteiger partial charge in [-0.2, -0.15) is 13.2 Å². The summed E-state index contributed by atoms with van der Waals surface area (Å²) in [5.74, 6) is -0.302.